The third kappa shape index (κ3) is 4.52. The average molecular weight is 286 g/mol. The Morgan fingerprint density at radius 3 is 2.55 bits per heavy atom. The number of hydrogen-bond acceptors (Lipinski definition) is 6. The Kier molecular flexibility index (Phi) is 5.95. The van der Waals surface area contributed by atoms with Gasteiger partial charge in [-0.2, -0.15) is 0 Å². The van der Waals surface area contributed by atoms with Crippen LogP contribution in [-0.4, -0.2) is 50.1 Å². The number of ether oxygens (including phenoxy) is 2. The molecule has 20 heavy (non-hydrogen) atoms. The van der Waals surface area contributed by atoms with Gasteiger partial charge in [-0.25, -0.2) is 4.79 Å². The van der Waals surface area contributed by atoms with Gasteiger partial charge in [-0.15, -0.1) is 0 Å². The molecule has 0 aromatic rings. The average Bonchev–Trinajstić information content (AvgIpc) is 2.88. The summed E-state index contributed by atoms with van der Waals surface area (Å²) >= 11 is 0. The van der Waals surface area contributed by atoms with Crippen LogP contribution in [0.25, 0.3) is 0 Å². The Bertz CT molecular complexity index is 409. The molecule has 1 saturated heterocycles. The van der Waals surface area contributed by atoms with E-state index < -0.39 is 29.9 Å². The zero-order chi connectivity index (χ0) is 15.1. The molecule has 0 aliphatic carbocycles. The predicted octanol–water partition coefficient (Wildman–Crippen LogP) is -1.12. The molecule has 1 aliphatic rings. The molecule has 2 N–H and O–H groups in total. The van der Waals surface area contributed by atoms with Crippen molar-refractivity contribution < 1.29 is 28.7 Å². The maximum atomic E-state index is 11.9. The molecule has 8 heteroatoms. The van der Waals surface area contributed by atoms with Gasteiger partial charge in [0, 0.05) is 12.8 Å². The van der Waals surface area contributed by atoms with Gasteiger partial charge in [0.2, 0.25) is 11.8 Å². The standard InChI is InChI=1S/C12H18N2O6/c1-19-10(16)6-4-8(12(18)20-2)14-11(17)7-3-5-9(15)13-7/h7-8H,3-6H2,1-2H3,(H,13,15)(H,14,17)/t7-,8+/m1/s1. The van der Waals surface area contributed by atoms with Crippen LogP contribution in [0.3, 0.4) is 0 Å². The van der Waals surface area contributed by atoms with Gasteiger partial charge in [0.05, 0.1) is 14.2 Å². The van der Waals surface area contributed by atoms with E-state index in [1.807, 2.05) is 0 Å². The van der Waals surface area contributed by atoms with E-state index in [1.165, 1.54) is 14.2 Å². The number of carbonyl (C=O) groups excluding carboxylic acids is 4. The summed E-state index contributed by atoms with van der Waals surface area (Å²) in [6.07, 6.45) is 0.720. The summed E-state index contributed by atoms with van der Waals surface area (Å²) in [7, 11) is 2.43. The van der Waals surface area contributed by atoms with E-state index in [0.717, 1.165) is 0 Å². The van der Waals surface area contributed by atoms with Gasteiger partial charge in [0.1, 0.15) is 12.1 Å². The number of carbonyl (C=O) groups is 4. The first-order valence-corrected chi connectivity index (χ1v) is 6.22. The molecular weight excluding hydrogens is 268 g/mol. The molecule has 0 aromatic carbocycles. The lowest BCUT2D eigenvalue weighted by Gasteiger charge is -2.18. The predicted molar refractivity (Wildman–Crippen MR) is 66.4 cm³/mol. The first kappa shape index (κ1) is 15.9. The lowest BCUT2D eigenvalue weighted by Crippen LogP contribution is -2.49. The van der Waals surface area contributed by atoms with Gasteiger partial charge >= 0.3 is 11.9 Å². The summed E-state index contributed by atoms with van der Waals surface area (Å²) in [6, 6.07) is -1.59. The van der Waals surface area contributed by atoms with Gasteiger partial charge in [-0.05, 0) is 12.8 Å². The number of esters is 2. The fourth-order valence-electron chi connectivity index (χ4n) is 1.84. The highest BCUT2D eigenvalue weighted by Gasteiger charge is 2.30. The Hall–Kier alpha value is -2.12. The van der Waals surface area contributed by atoms with Crippen LogP contribution in [0.5, 0.6) is 0 Å². The molecule has 0 radical (unpaired) electrons. The Balaban J connectivity index is 2.55. The summed E-state index contributed by atoms with van der Waals surface area (Å²) in [5.74, 6) is -1.79. The normalized spacial score (nSPS) is 18.9. The Morgan fingerprint density at radius 2 is 2.05 bits per heavy atom. The molecular formula is C12H18N2O6. The van der Waals surface area contributed by atoms with Gasteiger partial charge < -0.3 is 20.1 Å². The molecule has 0 aromatic heterocycles. The van der Waals surface area contributed by atoms with Crippen LogP contribution in [0.4, 0.5) is 0 Å². The first-order chi connectivity index (χ1) is 9.47. The van der Waals surface area contributed by atoms with E-state index in [4.69, 9.17) is 0 Å². The maximum absolute atomic E-state index is 11.9. The highest BCUT2D eigenvalue weighted by atomic mass is 16.5. The number of amides is 2. The summed E-state index contributed by atoms with van der Waals surface area (Å²) < 4.78 is 9.04. The first-order valence-electron chi connectivity index (χ1n) is 6.22. The Morgan fingerprint density at radius 1 is 1.35 bits per heavy atom. The zero-order valence-corrected chi connectivity index (χ0v) is 11.4. The zero-order valence-electron chi connectivity index (χ0n) is 11.4. The topological polar surface area (TPSA) is 111 Å². The van der Waals surface area contributed by atoms with E-state index >= 15 is 0 Å². The van der Waals surface area contributed by atoms with Crippen LogP contribution in [0.2, 0.25) is 0 Å². The molecule has 1 aliphatic heterocycles. The quantitative estimate of drug-likeness (QED) is 0.598. The number of rotatable bonds is 6. The van der Waals surface area contributed by atoms with Crippen LogP contribution in [0.1, 0.15) is 25.7 Å². The van der Waals surface area contributed by atoms with Crippen molar-refractivity contribution in [2.24, 2.45) is 0 Å². The van der Waals surface area contributed by atoms with Crippen molar-refractivity contribution in [3.05, 3.63) is 0 Å². The molecule has 1 rings (SSSR count). The molecule has 2 amide bonds. The van der Waals surface area contributed by atoms with Crippen LogP contribution in [0.15, 0.2) is 0 Å². The van der Waals surface area contributed by atoms with E-state index in [9.17, 15) is 19.2 Å². The van der Waals surface area contributed by atoms with Crippen molar-refractivity contribution >= 4 is 23.8 Å². The summed E-state index contributed by atoms with van der Waals surface area (Å²) in [4.78, 5) is 45.5. The molecule has 0 spiro atoms. The van der Waals surface area contributed by atoms with Gasteiger partial charge in [0.25, 0.3) is 0 Å². The van der Waals surface area contributed by atoms with E-state index in [0.29, 0.717) is 6.42 Å². The molecule has 2 atom stereocenters. The van der Waals surface area contributed by atoms with Crippen LogP contribution >= 0.6 is 0 Å². The minimum atomic E-state index is -0.941. The molecule has 0 saturated carbocycles. The SMILES string of the molecule is COC(=O)CC[C@H](NC(=O)[C@H]1CCC(=O)N1)C(=O)OC. The van der Waals surface area contributed by atoms with Gasteiger partial charge in [0.15, 0.2) is 0 Å². The van der Waals surface area contributed by atoms with E-state index in [2.05, 4.69) is 20.1 Å². The summed E-state index contributed by atoms with van der Waals surface area (Å²) in [5.41, 5.74) is 0. The Labute approximate surface area is 116 Å². The number of nitrogens with one attached hydrogen (secondary N) is 2. The van der Waals surface area contributed by atoms with Crippen molar-refractivity contribution in [3.63, 3.8) is 0 Å². The third-order valence-electron chi connectivity index (χ3n) is 2.98. The molecule has 0 bridgehead atoms. The van der Waals surface area contributed by atoms with Crippen molar-refractivity contribution in [3.8, 4) is 0 Å². The molecule has 0 unspecified atom stereocenters. The van der Waals surface area contributed by atoms with Crippen molar-refractivity contribution in [1.82, 2.24) is 10.6 Å². The fraction of sp³-hybridized carbons (Fsp3) is 0.667. The largest absolute Gasteiger partial charge is 0.469 e. The molecule has 112 valence electrons. The van der Waals surface area contributed by atoms with Gasteiger partial charge in [-0.3, -0.25) is 14.4 Å². The lowest BCUT2D eigenvalue weighted by atomic mass is 10.1. The van der Waals surface area contributed by atoms with Crippen molar-refractivity contribution in [1.29, 1.82) is 0 Å². The maximum Gasteiger partial charge on any atom is 0.328 e. The summed E-state index contributed by atoms with van der Waals surface area (Å²) in [6.45, 7) is 0. The summed E-state index contributed by atoms with van der Waals surface area (Å²) in [5, 5.41) is 4.97. The third-order valence-corrected chi connectivity index (χ3v) is 2.98. The second-order valence-corrected chi connectivity index (χ2v) is 4.36. The van der Waals surface area contributed by atoms with Crippen LogP contribution in [-0.2, 0) is 28.7 Å². The minimum Gasteiger partial charge on any atom is -0.469 e. The molecule has 1 fully saturated rings. The second-order valence-electron chi connectivity index (χ2n) is 4.36. The second kappa shape index (κ2) is 7.46. The highest BCUT2D eigenvalue weighted by Crippen LogP contribution is 2.08. The fourth-order valence-corrected chi connectivity index (χ4v) is 1.84. The smallest absolute Gasteiger partial charge is 0.328 e. The minimum absolute atomic E-state index is 0.0203. The van der Waals surface area contributed by atoms with Gasteiger partial charge in [-0.1, -0.05) is 0 Å². The monoisotopic (exact) mass is 286 g/mol. The van der Waals surface area contributed by atoms with E-state index in [1.54, 1.807) is 0 Å². The molecule has 1 heterocycles. The number of hydrogen-bond donors (Lipinski definition) is 2. The van der Waals surface area contributed by atoms with E-state index in [-0.39, 0.29) is 25.2 Å². The van der Waals surface area contributed by atoms with Crippen LogP contribution < -0.4 is 10.6 Å². The number of methoxy groups -OCH3 is 2. The highest BCUT2D eigenvalue weighted by molar-refractivity contribution is 5.93. The van der Waals surface area contributed by atoms with Crippen molar-refractivity contribution in [2.75, 3.05) is 14.2 Å². The molecule has 8 nitrogen and oxygen atoms in total. The van der Waals surface area contributed by atoms with Crippen LogP contribution in [0, 0.1) is 0 Å². The van der Waals surface area contributed by atoms with Crippen molar-refractivity contribution in [2.45, 2.75) is 37.8 Å². The lowest BCUT2D eigenvalue weighted by molar-refractivity contribution is -0.146.